The Hall–Kier alpha value is -3.68. The summed E-state index contributed by atoms with van der Waals surface area (Å²) >= 11 is 0. The van der Waals surface area contributed by atoms with E-state index in [4.69, 9.17) is 0 Å². The van der Waals surface area contributed by atoms with Crippen molar-refractivity contribution < 1.29 is 14.4 Å². The lowest BCUT2D eigenvalue weighted by molar-refractivity contribution is -0.127. The summed E-state index contributed by atoms with van der Waals surface area (Å²) in [6, 6.07) is 16.6. The molecular formula is C20H19N5O3. The maximum absolute atomic E-state index is 12.4. The van der Waals surface area contributed by atoms with Gasteiger partial charge in [0.25, 0.3) is 0 Å². The molecule has 3 aromatic rings. The number of imidazole rings is 1. The minimum Gasteiger partial charge on any atom is -0.347 e. The van der Waals surface area contributed by atoms with Gasteiger partial charge in [0.2, 0.25) is 23.7 Å². The van der Waals surface area contributed by atoms with Crippen molar-refractivity contribution >= 4 is 40.4 Å². The number of hydrogen-bond acceptors (Lipinski definition) is 4. The maximum atomic E-state index is 12.4. The molecule has 2 aromatic carbocycles. The lowest BCUT2D eigenvalue weighted by Gasteiger charge is -2.16. The van der Waals surface area contributed by atoms with Crippen LogP contribution in [0.2, 0.25) is 0 Å². The van der Waals surface area contributed by atoms with Gasteiger partial charge in [0.15, 0.2) is 0 Å². The molecule has 0 saturated carbocycles. The van der Waals surface area contributed by atoms with Crippen molar-refractivity contribution in [1.82, 2.24) is 15.3 Å². The van der Waals surface area contributed by atoms with Crippen LogP contribution in [0.3, 0.4) is 0 Å². The predicted octanol–water partition coefficient (Wildman–Crippen LogP) is 1.67. The van der Waals surface area contributed by atoms with Gasteiger partial charge in [0.1, 0.15) is 0 Å². The first kappa shape index (κ1) is 17.7. The molecule has 2 heterocycles. The Morgan fingerprint density at radius 2 is 1.86 bits per heavy atom. The number of aromatic amines is 1. The first-order valence-corrected chi connectivity index (χ1v) is 8.98. The second kappa shape index (κ2) is 7.51. The number of nitrogens with one attached hydrogen (secondary N) is 3. The van der Waals surface area contributed by atoms with E-state index in [0.29, 0.717) is 12.5 Å². The molecule has 142 valence electrons. The number of para-hydroxylation sites is 3. The highest BCUT2D eigenvalue weighted by molar-refractivity contribution is 6.01. The zero-order valence-electron chi connectivity index (χ0n) is 15.0. The molecule has 0 bridgehead atoms. The van der Waals surface area contributed by atoms with E-state index in [1.807, 2.05) is 54.6 Å². The third-order valence-corrected chi connectivity index (χ3v) is 4.63. The highest BCUT2D eigenvalue weighted by Crippen LogP contribution is 2.24. The summed E-state index contributed by atoms with van der Waals surface area (Å²) in [5.74, 6) is -0.959. The largest absolute Gasteiger partial charge is 0.347 e. The molecule has 0 aliphatic carbocycles. The smallest absolute Gasteiger partial charge is 0.246 e. The van der Waals surface area contributed by atoms with Crippen LogP contribution in [0.25, 0.3) is 11.0 Å². The summed E-state index contributed by atoms with van der Waals surface area (Å²) in [5.41, 5.74) is 2.32. The molecule has 1 aliphatic rings. The van der Waals surface area contributed by atoms with Crippen LogP contribution in [0.1, 0.15) is 6.42 Å². The third kappa shape index (κ3) is 3.71. The second-order valence-electron chi connectivity index (χ2n) is 6.61. The Labute approximate surface area is 160 Å². The molecule has 1 atom stereocenters. The molecule has 28 heavy (non-hydrogen) atoms. The Morgan fingerprint density at radius 1 is 1.11 bits per heavy atom. The molecule has 0 radical (unpaired) electrons. The van der Waals surface area contributed by atoms with Crippen LogP contribution >= 0.6 is 0 Å². The minimum absolute atomic E-state index is 0.0990. The van der Waals surface area contributed by atoms with E-state index in [9.17, 15) is 14.4 Å². The highest BCUT2D eigenvalue weighted by Gasteiger charge is 2.35. The first-order chi connectivity index (χ1) is 13.6. The van der Waals surface area contributed by atoms with Crippen molar-refractivity contribution in [3.8, 4) is 0 Å². The molecule has 3 N–H and O–H groups in total. The lowest BCUT2D eigenvalue weighted by Crippen LogP contribution is -2.38. The van der Waals surface area contributed by atoms with Crippen LogP contribution in [-0.2, 0) is 14.4 Å². The Balaban J connectivity index is 1.30. The van der Waals surface area contributed by atoms with Gasteiger partial charge in [-0.1, -0.05) is 30.3 Å². The number of anilines is 2. The summed E-state index contributed by atoms with van der Waals surface area (Å²) in [6.07, 6.45) is 0.131. The fourth-order valence-electron chi connectivity index (χ4n) is 3.24. The van der Waals surface area contributed by atoms with Crippen LogP contribution in [-0.4, -0.2) is 40.8 Å². The number of nitrogens with zero attached hydrogens (tertiary/aromatic N) is 2. The normalized spacial score (nSPS) is 16.4. The average molecular weight is 377 g/mol. The van der Waals surface area contributed by atoms with Crippen molar-refractivity contribution in [2.45, 2.75) is 6.42 Å². The average Bonchev–Trinajstić information content (AvgIpc) is 3.29. The zero-order valence-corrected chi connectivity index (χ0v) is 15.0. The number of aromatic nitrogens is 2. The van der Waals surface area contributed by atoms with Gasteiger partial charge in [-0.3, -0.25) is 19.7 Å². The van der Waals surface area contributed by atoms with Crippen LogP contribution in [0.4, 0.5) is 11.6 Å². The van der Waals surface area contributed by atoms with E-state index in [0.717, 1.165) is 16.7 Å². The van der Waals surface area contributed by atoms with Gasteiger partial charge < -0.3 is 15.2 Å². The number of carbonyl (C=O) groups is 3. The van der Waals surface area contributed by atoms with Gasteiger partial charge >= 0.3 is 0 Å². The standard InChI is InChI=1S/C20H19N5O3/c26-17(24-20-22-15-8-4-5-9-16(15)23-20)11-21-19(28)13-10-18(27)25(12-13)14-6-2-1-3-7-14/h1-9,13H,10-12H2,(H,21,28)(H2,22,23,24,26)/t13-/m1/s1. The highest BCUT2D eigenvalue weighted by atomic mass is 16.2. The number of fused-ring (bicyclic) bond motifs is 1. The molecule has 1 aliphatic heterocycles. The summed E-state index contributed by atoms with van der Waals surface area (Å²) in [6.45, 7) is 0.117. The van der Waals surface area contributed by atoms with Crippen molar-refractivity contribution in [3.63, 3.8) is 0 Å². The number of rotatable bonds is 5. The topological polar surface area (TPSA) is 107 Å². The van der Waals surface area contributed by atoms with E-state index < -0.39 is 11.8 Å². The summed E-state index contributed by atoms with van der Waals surface area (Å²) < 4.78 is 0. The van der Waals surface area contributed by atoms with E-state index in [1.165, 1.54) is 0 Å². The fourth-order valence-corrected chi connectivity index (χ4v) is 3.24. The first-order valence-electron chi connectivity index (χ1n) is 8.98. The monoisotopic (exact) mass is 377 g/mol. The Bertz CT molecular complexity index is 998. The predicted molar refractivity (Wildman–Crippen MR) is 105 cm³/mol. The van der Waals surface area contributed by atoms with E-state index in [1.54, 1.807) is 4.90 Å². The molecule has 8 heteroatoms. The quantitative estimate of drug-likeness (QED) is 0.629. The van der Waals surface area contributed by atoms with Crippen LogP contribution in [0.5, 0.6) is 0 Å². The van der Waals surface area contributed by atoms with Crippen LogP contribution in [0.15, 0.2) is 54.6 Å². The zero-order chi connectivity index (χ0) is 19.5. The van der Waals surface area contributed by atoms with Gasteiger partial charge in [0.05, 0.1) is 23.5 Å². The van der Waals surface area contributed by atoms with Crippen molar-refractivity contribution in [3.05, 3.63) is 54.6 Å². The fraction of sp³-hybridized carbons (Fsp3) is 0.200. The summed E-state index contributed by atoms with van der Waals surface area (Å²) in [5, 5.41) is 5.22. The number of hydrogen-bond donors (Lipinski definition) is 3. The third-order valence-electron chi connectivity index (χ3n) is 4.63. The molecule has 8 nitrogen and oxygen atoms in total. The molecule has 1 aromatic heterocycles. The molecule has 0 spiro atoms. The molecule has 3 amide bonds. The summed E-state index contributed by atoms with van der Waals surface area (Å²) in [4.78, 5) is 45.5. The van der Waals surface area contributed by atoms with Gasteiger partial charge in [-0.15, -0.1) is 0 Å². The molecule has 1 saturated heterocycles. The van der Waals surface area contributed by atoms with Crippen molar-refractivity contribution in [2.75, 3.05) is 23.3 Å². The number of carbonyl (C=O) groups excluding carboxylic acids is 3. The molecule has 0 unspecified atom stereocenters. The van der Waals surface area contributed by atoms with E-state index in [-0.39, 0.29) is 24.8 Å². The Kier molecular flexibility index (Phi) is 4.76. The van der Waals surface area contributed by atoms with E-state index >= 15 is 0 Å². The van der Waals surface area contributed by atoms with Crippen molar-refractivity contribution in [1.29, 1.82) is 0 Å². The molecule has 4 rings (SSSR count). The molecular weight excluding hydrogens is 358 g/mol. The Morgan fingerprint density at radius 3 is 2.64 bits per heavy atom. The maximum Gasteiger partial charge on any atom is 0.246 e. The molecule has 1 fully saturated rings. The van der Waals surface area contributed by atoms with Gasteiger partial charge in [-0.05, 0) is 24.3 Å². The number of H-pyrrole nitrogens is 1. The van der Waals surface area contributed by atoms with Crippen LogP contribution in [0, 0.1) is 5.92 Å². The van der Waals surface area contributed by atoms with Crippen molar-refractivity contribution in [2.24, 2.45) is 5.92 Å². The minimum atomic E-state index is -0.480. The SMILES string of the molecule is O=C(CNC(=O)[C@@H]1CC(=O)N(c2ccccc2)C1)Nc1nc2ccccc2[nH]1. The summed E-state index contributed by atoms with van der Waals surface area (Å²) in [7, 11) is 0. The van der Waals surface area contributed by atoms with E-state index in [2.05, 4.69) is 20.6 Å². The van der Waals surface area contributed by atoms with Gasteiger partial charge in [-0.2, -0.15) is 0 Å². The van der Waals surface area contributed by atoms with Crippen LogP contribution < -0.4 is 15.5 Å². The lowest BCUT2D eigenvalue weighted by atomic mass is 10.1. The van der Waals surface area contributed by atoms with Gasteiger partial charge in [-0.25, -0.2) is 4.98 Å². The van der Waals surface area contributed by atoms with Gasteiger partial charge in [0, 0.05) is 18.7 Å². The second-order valence-corrected chi connectivity index (χ2v) is 6.61. The number of benzene rings is 2. The number of amides is 3.